The summed E-state index contributed by atoms with van der Waals surface area (Å²) in [5, 5.41) is 9.00. The zero-order valence-corrected chi connectivity index (χ0v) is 10.9. The van der Waals surface area contributed by atoms with Crippen molar-refractivity contribution < 1.29 is 14.6 Å². The van der Waals surface area contributed by atoms with Gasteiger partial charge in [-0.25, -0.2) is 4.79 Å². The van der Waals surface area contributed by atoms with Crippen LogP contribution in [0.4, 0.5) is 0 Å². The number of para-hydroxylation sites is 1. The number of ether oxygens (including phenoxy) is 1. The summed E-state index contributed by atoms with van der Waals surface area (Å²) in [7, 11) is 0. The second-order valence-corrected chi connectivity index (χ2v) is 4.42. The molecule has 0 saturated carbocycles. The first-order valence-corrected chi connectivity index (χ1v) is 6.01. The highest BCUT2D eigenvalue weighted by Crippen LogP contribution is 2.28. The van der Waals surface area contributed by atoms with Gasteiger partial charge in [-0.1, -0.05) is 24.3 Å². The van der Waals surface area contributed by atoms with Gasteiger partial charge < -0.3 is 9.84 Å². The molecule has 0 heterocycles. The molecule has 0 unspecified atom stereocenters. The molecule has 2 rings (SSSR count). The van der Waals surface area contributed by atoms with Crippen LogP contribution in [0.5, 0.6) is 11.5 Å². The van der Waals surface area contributed by atoms with E-state index in [9.17, 15) is 4.79 Å². The molecule has 2 aromatic rings. The Bertz CT molecular complexity index is 538. The number of carboxylic acids is 1. The lowest BCUT2D eigenvalue weighted by atomic mass is 10.2. The molecule has 0 atom stereocenters. The molecule has 1 N–H and O–H groups in total. The van der Waals surface area contributed by atoms with Crippen molar-refractivity contribution in [3.63, 3.8) is 0 Å². The van der Waals surface area contributed by atoms with Crippen LogP contribution in [0.25, 0.3) is 0 Å². The molecule has 0 aliphatic heterocycles. The summed E-state index contributed by atoms with van der Waals surface area (Å²) in [5.74, 6) is 0.289. The van der Waals surface area contributed by atoms with E-state index in [1.807, 2.05) is 52.9 Å². The van der Waals surface area contributed by atoms with Crippen LogP contribution < -0.4 is 4.74 Å². The van der Waals surface area contributed by atoms with Gasteiger partial charge in [0, 0.05) is 0 Å². The van der Waals surface area contributed by atoms with E-state index >= 15 is 0 Å². The monoisotopic (exact) mass is 340 g/mol. The number of benzene rings is 2. The number of hydrogen-bond acceptors (Lipinski definition) is 2. The molecule has 3 nitrogen and oxygen atoms in total. The van der Waals surface area contributed by atoms with E-state index in [2.05, 4.69) is 0 Å². The molecule has 0 aliphatic rings. The molecule has 0 fully saturated rings. The maximum absolute atomic E-state index is 11.0. The van der Waals surface area contributed by atoms with Gasteiger partial charge in [0.1, 0.15) is 11.5 Å². The number of hydrogen-bond donors (Lipinski definition) is 1. The minimum atomic E-state index is -0.951. The first kappa shape index (κ1) is 11.9. The Labute approximate surface area is 112 Å². The molecule has 17 heavy (non-hydrogen) atoms. The third-order valence-corrected chi connectivity index (χ3v) is 3.28. The second-order valence-electron chi connectivity index (χ2n) is 3.34. The maximum Gasteiger partial charge on any atom is 0.336 e. The Hall–Kier alpha value is -1.56. The lowest BCUT2D eigenvalue weighted by Gasteiger charge is -2.09. The number of rotatable bonds is 3. The molecule has 0 radical (unpaired) electrons. The van der Waals surface area contributed by atoms with E-state index in [1.165, 1.54) is 0 Å². The van der Waals surface area contributed by atoms with E-state index < -0.39 is 5.97 Å². The average molecular weight is 340 g/mol. The third-order valence-electron chi connectivity index (χ3n) is 2.16. The van der Waals surface area contributed by atoms with Gasteiger partial charge in [-0.05, 0) is 46.9 Å². The van der Waals surface area contributed by atoms with Gasteiger partial charge in [0.25, 0.3) is 0 Å². The van der Waals surface area contributed by atoms with Crippen LogP contribution in [0.3, 0.4) is 0 Å². The lowest BCUT2D eigenvalue weighted by Crippen LogP contribution is -2.00. The van der Waals surface area contributed by atoms with E-state index in [-0.39, 0.29) is 5.56 Å². The third kappa shape index (κ3) is 2.76. The Morgan fingerprint density at radius 3 is 2.41 bits per heavy atom. The summed E-state index contributed by atoms with van der Waals surface area (Å²) in [6.45, 7) is 0. The van der Waals surface area contributed by atoms with Gasteiger partial charge in [0.15, 0.2) is 0 Å². The quantitative estimate of drug-likeness (QED) is 0.865. The molecule has 0 aromatic heterocycles. The van der Waals surface area contributed by atoms with E-state index in [0.717, 1.165) is 0 Å². The lowest BCUT2D eigenvalue weighted by molar-refractivity contribution is 0.0695. The summed E-state index contributed by atoms with van der Waals surface area (Å²) in [6.07, 6.45) is 0. The molecule has 0 aliphatic carbocycles. The van der Waals surface area contributed by atoms with Crippen LogP contribution in [-0.4, -0.2) is 11.1 Å². The molecule has 2 aromatic carbocycles. The number of carboxylic acid groups (broad SMARTS) is 1. The number of carbonyl (C=O) groups is 1. The Kier molecular flexibility index (Phi) is 3.63. The van der Waals surface area contributed by atoms with Crippen molar-refractivity contribution in [2.24, 2.45) is 0 Å². The fraction of sp³-hybridized carbons (Fsp3) is 0. The van der Waals surface area contributed by atoms with E-state index in [1.54, 1.807) is 18.2 Å². The highest BCUT2D eigenvalue weighted by atomic mass is 127. The maximum atomic E-state index is 11.0. The summed E-state index contributed by atoms with van der Waals surface area (Å²) >= 11 is 1.98. The van der Waals surface area contributed by atoms with Crippen molar-refractivity contribution in [3.8, 4) is 11.5 Å². The van der Waals surface area contributed by atoms with Crippen LogP contribution in [0, 0.1) is 3.57 Å². The fourth-order valence-electron chi connectivity index (χ4n) is 1.37. The van der Waals surface area contributed by atoms with Crippen LogP contribution in [-0.2, 0) is 0 Å². The van der Waals surface area contributed by atoms with Crippen molar-refractivity contribution in [2.75, 3.05) is 0 Å². The molecule has 0 amide bonds. The first-order chi connectivity index (χ1) is 8.18. The highest BCUT2D eigenvalue weighted by molar-refractivity contribution is 14.1. The molecule has 0 saturated heterocycles. The fourth-order valence-corrected chi connectivity index (χ4v) is 2.07. The smallest absolute Gasteiger partial charge is 0.336 e. The summed E-state index contributed by atoms with van der Waals surface area (Å²) in [6, 6.07) is 14.2. The summed E-state index contributed by atoms with van der Waals surface area (Å²) < 4.78 is 6.23. The van der Waals surface area contributed by atoms with Gasteiger partial charge in [-0.2, -0.15) is 0 Å². The predicted octanol–water partition coefficient (Wildman–Crippen LogP) is 3.78. The highest BCUT2D eigenvalue weighted by Gasteiger charge is 2.12. The van der Waals surface area contributed by atoms with Crippen LogP contribution in [0.2, 0.25) is 0 Å². The van der Waals surface area contributed by atoms with Crippen molar-refractivity contribution >= 4 is 28.6 Å². The van der Waals surface area contributed by atoms with E-state index in [0.29, 0.717) is 15.1 Å². The van der Waals surface area contributed by atoms with Crippen molar-refractivity contribution in [2.45, 2.75) is 0 Å². The van der Waals surface area contributed by atoms with Crippen LogP contribution in [0.1, 0.15) is 10.4 Å². The minimum Gasteiger partial charge on any atom is -0.478 e. The van der Waals surface area contributed by atoms with Crippen LogP contribution in [0.15, 0.2) is 48.5 Å². The molecule has 86 valence electrons. The largest absolute Gasteiger partial charge is 0.478 e. The van der Waals surface area contributed by atoms with Crippen molar-refractivity contribution in [3.05, 3.63) is 57.7 Å². The minimum absolute atomic E-state index is 0.249. The molecular weight excluding hydrogens is 331 g/mol. The normalized spacial score (nSPS) is 9.94. The number of aromatic carboxylic acids is 1. The number of halogens is 1. The molecule has 4 heteroatoms. The molecular formula is C13H9IO3. The van der Waals surface area contributed by atoms with Crippen molar-refractivity contribution in [1.29, 1.82) is 0 Å². The standard InChI is InChI=1S/C13H9IO3/c14-12-10(13(15)16)7-4-8-11(12)17-9-5-2-1-3-6-9/h1-8H,(H,15,16). The van der Waals surface area contributed by atoms with Crippen molar-refractivity contribution in [1.82, 2.24) is 0 Å². The SMILES string of the molecule is O=C(O)c1cccc(Oc2ccccc2)c1I. The van der Waals surface area contributed by atoms with Gasteiger partial charge in [0.2, 0.25) is 0 Å². The first-order valence-electron chi connectivity index (χ1n) is 4.93. The predicted molar refractivity (Wildman–Crippen MR) is 72.6 cm³/mol. The van der Waals surface area contributed by atoms with Gasteiger partial charge in [-0.3, -0.25) is 0 Å². The Morgan fingerprint density at radius 1 is 1.06 bits per heavy atom. The Balaban J connectivity index is 2.34. The van der Waals surface area contributed by atoms with Gasteiger partial charge in [-0.15, -0.1) is 0 Å². The Morgan fingerprint density at radius 2 is 1.76 bits per heavy atom. The zero-order valence-electron chi connectivity index (χ0n) is 8.76. The summed E-state index contributed by atoms with van der Waals surface area (Å²) in [4.78, 5) is 11.0. The molecule has 0 spiro atoms. The van der Waals surface area contributed by atoms with Gasteiger partial charge in [0.05, 0.1) is 9.13 Å². The second kappa shape index (κ2) is 5.18. The average Bonchev–Trinajstić information content (AvgIpc) is 2.33. The zero-order chi connectivity index (χ0) is 12.3. The topological polar surface area (TPSA) is 46.5 Å². The molecule has 0 bridgehead atoms. The summed E-state index contributed by atoms with van der Waals surface area (Å²) in [5.41, 5.74) is 0.249. The van der Waals surface area contributed by atoms with Crippen LogP contribution >= 0.6 is 22.6 Å². The van der Waals surface area contributed by atoms with E-state index in [4.69, 9.17) is 9.84 Å². The van der Waals surface area contributed by atoms with Gasteiger partial charge >= 0.3 is 5.97 Å².